The maximum absolute atomic E-state index is 11.7. The van der Waals surface area contributed by atoms with Crippen LogP contribution in [0.4, 0.5) is 0 Å². The molecule has 4 nitrogen and oxygen atoms in total. The summed E-state index contributed by atoms with van der Waals surface area (Å²) in [6, 6.07) is 7.70. The van der Waals surface area contributed by atoms with E-state index >= 15 is 0 Å². The van der Waals surface area contributed by atoms with Crippen molar-refractivity contribution in [3.63, 3.8) is 0 Å². The molecule has 0 fully saturated rings. The third-order valence-corrected chi connectivity index (χ3v) is 3.22. The molecule has 1 aromatic rings. The van der Waals surface area contributed by atoms with Gasteiger partial charge in [0.2, 0.25) is 5.91 Å². The molecule has 5 heteroatoms. The van der Waals surface area contributed by atoms with Gasteiger partial charge in [0.05, 0.1) is 6.61 Å². The topological polar surface area (TPSA) is 41.6 Å². The van der Waals surface area contributed by atoms with Crippen molar-refractivity contribution >= 4 is 21.8 Å². The summed E-state index contributed by atoms with van der Waals surface area (Å²) >= 11 is 3.39. The summed E-state index contributed by atoms with van der Waals surface area (Å²) in [5.74, 6) is 0.985. The molecule has 0 bridgehead atoms. The number of halogens is 1. The van der Waals surface area contributed by atoms with Crippen molar-refractivity contribution in [3.8, 4) is 5.75 Å². The van der Waals surface area contributed by atoms with Crippen LogP contribution >= 0.6 is 15.9 Å². The fourth-order valence-electron chi connectivity index (χ4n) is 1.57. The Labute approximate surface area is 123 Å². The molecule has 0 heterocycles. The Morgan fingerprint density at radius 1 is 1.47 bits per heavy atom. The van der Waals surface area contributed by atoms with Crippen LogP contribution < -0.4 is 10.1 Å². The smallest absolute Gasteiger partial charge is 0.222 e. The number of carbonyl (C=O) groups excluding carboxylic acids is 1. The maximum Gasteiger partial charge on any atom is 0.222 e. The summed E-state index contributed by atoms with van der Waals surface area (Å²) in [5.41, 5.74) is 0. The van der Waals surface area contributed by atoms with Gasteiger partial charge in [-0.05, 0) is 31.7 Å². The molecule has 0 atom stereocenters. The third-order valence-electron chi connectivity index (χ3n) is 2.72. The largest absolute Gasteiger partial charge is 0.494 e. The van der Waals surface area contributed by atoms with Crippen LogP contribution in [0.2, 0.25) is 0 Å². The molecule has 0 aromatic heterocycles. The summed E-state index contributed by atoms with van der Waals surface area (Å²) in [5, 5.41) is 3.02. The monoisotopic (exact) mass is 328 g/mol. The highest BCUT2D eigenvalue weighted by atomic mass is 79.9. The first kappa shape index (κ1) is 16.0. The number of carbonyl (C=O) groups is 1. The van der Waals surface area contributed by atoms with Crippen LogP contribution in [0, 0.1) is 0 Å². The minimum atomic E-state index is 0.160. The normalized spacial score (nSPS) is 10.3. The molecule has 0 aliphatic carbocycles. The predicted octanol–water partition coefficient (Wildman–Crippen LogP) is 2.29. The van der Waals surface area contributed by atoms with Crippen molar-refractivity contribution in [3.05, 3.63) is 28.7 Å². The number of ether oxygens (including phenoxy) is 1. The Kier molecular flexibility index (Phi) is 7.52. The lowest BCUT2D eigenvalue weighted by molar-refractivity contribution is -0.130. The highest BCUT2D eigenvalue weighted by Gasteiger charge is 2.07. The van der Waals surface area contributed by atoms with E-state index in [1.807, 2.05) is 38.4 Å². The van der Waals surface area contributed by atoms with Crippen LogP contribution in [-0.4, -0.2) is 44.6 Å². The van der Waals surface area contributed by atoms with Gasteiger partial charge in [0.1, 0.15) is 5.75 Å². The van der Waals surface area contributed by atoms with Gasteiger partial charge in [-0.2, -0.15) is 0 Å². The molecule has 0 spiro atoms. The number of hydrogen-bond donors (Lipinski definition) is 1. The van der Waals surface area contributed by atoms with E-state index < -0.39 is 0 Å². The second-order valence-corrected chi connectivity index (χ2v) is 5.24. The lowest BCUT2D eigenvalue weighted by Gasteiger charge is -2.16. The van der Waals surface area contributed by atoms with Crippen molar-refractivity contribution in [2.24, 2.45) is 0 Å². The van der Waals surface area contributed by atoms with Gasteiger partial charge in [0.25, 0.3) is 0 Å². The van der Waals surface area contributed by atoms with Crippen molar-refractivity contribution in [2.45, 2.75) is 12.8 Å². The second-order valence-electron chi connectivity index (χ2n) is 4.33. The van der Waals surface area contributed by atoms with E-state index in [0.29, 0.717) is 13.0 Å². The molecule has 1 N–H and O–H groups in total. The summed E-state index contributed by atoms with van der Waals surface area (Å²) in [6.45, 7) is 2.11. The van der Waals surface area contributed by atoms with Crippen LogP contribution in [0.5, 0.6) is 5.75 Å². The molecule has 0 saturated heterocycles. The number of hydrogen-bond acceptors (Lipinski definition) is 3. The Morgan fingerprint density at radius 3 is 2.95 bits per heavy atom. The molecule has 1 rings (SSSR count). The summed E-state index contributed by atoms with van der Waals surface area (Å²) in [7, 11) is 3.71. The van der Waals surface area contributed by atoms with E-state index in [9.17, 15) is 4.79 Å². The average molecular weight is 329 g/mol. The minimum Gasteiger partial charge on any atom is -0.494 e. The molecule has 1 amide bonds. The van der Waals surface area contributed by atoms with E-state index in [4.69, 9.17) is 4.74 Å². The van der Waals surface area contributed by atoms with Crippen molar-refractivity contribution in [2.75, 3.05) is 33.8 Å². The Hall–Kier alpha value is -1.07. The van der Waals surface area contributed by atoms with Gasteiger partial charge < -0.3 is 15.0 Å². The van der Waals surface area contributed by atoms with Crippen LogP contribution in [-0.2, 0) is 4.79 Å². The first-order valence-corrected chi connectivity index (χ1v) is 7.19. The SMILES string of the molecule is CNCCN(C)C(=O)CCCOc1cccc(Br)c1. The van der Waals surface area contributed by atoms with Crippen LogP contribution in [0.25, 0.3) is 0 Å². The number of benzene rings is 1. The van der Waals surface area contributed by atoms with Gasteiger partial charge in [-0.3, -0.25) is 4.79 Å². The van der Waals surface area contributed by atoms with E-state index in [2.05, 4.69) is 21.2 Å². The van der Waals surface area contributed by atoms with E-state index in [-0.39, 0.29) is 5.91 Å². The molecule has 0 saturated carbocycles. The van der Waals surface area contributed by atoms with Crippen molar-refractivity contribution in [1.29, 1.82) is 0 Å². The first-order valence-electron chi connectivity index (χ1n) is 6.40. The minimum absolute atomic E-state index is 0.160. The number of likely N-dealkylation sites (N-methyl/N-ethyl adjacent to an activating group) is 2. The third kappa shape index (κ3) is 6.59. The fourth-order valence-corrected chi connectivity index (χ4v) is 1.94. The summed E-state index contributed by atoms with van der Waals surface area (Å²) in [6.07, 6.45) is 1.25. The van der Waals surface area contributed by atoms with Crippen molar-refractivity contribution < 1.29 is 9.53 Å². The molecule has 0 aliphatic rings. The fraction of sp³-hybridized carbons (Fsp3) is 0.500. The van der Waals surface area contributed by atoms with Crippen LogP contribution in [0.3, 0.4) is 0 Å². The zero-order chi connectivity index (χ0) is 14.1. The molecule has 0 unspecified atom stereocenters. The van der Waals surface area contributed by atoms with Crippen LogP contribution in [0.15, 0.2) is 28.7 Å². The standard InChI is InChI=1S/C14H21BrN2O2/c1-16-8-9-17(2)14(18)7-4-10-19-13-6-3-5-12(15)11-13/h3,5-6,11,16H,4,7-10H2,1-2H3. The highest BCUT2D eigenvalue weighted by Crippen LogP contribution is 2.17. The van der Waals surface area contributed by atoms with Gasteiger partial charge in [0.15, 0.2) is 0 Å². The molecule has 106 valence electrons. The Bertz CT molecular complexity index is 399. The summed E-state index contributed by atoms with van der Waals surface area (Å²) < 4.78 is 6.58. The van der Waals surface area contributed by atoms with Crippen molar-refractivity contribution in [1.82, 2.24) is 10.2 Å². The Morgan fingerprint density at radius 2 is 2.26 bits per heavy atom. The van der Waals surface area contributed by atoms with Gasteiger partial charge in [-0.15, -0.1) is 0 Å². The molecular weight excluding hydrogens is 308 g/mol. The lowest BCUT2D eigenvalue weighted by Crippen LogP contribution is -2.32. The first-order chi connectivity index (χ1) is 9.13. The summed E-state index contributed by atoms with van der Waals surface area (Å²) in [4.78, 5) is 13.5. The van der Waals surface area contributed by atoms with Gasteiger partial charge >= 0.3 is 0 Å². The van der Waals surface area contributed by atoms with E-state index in [0.717, 1.165) is 29.7 Å². The molecule has 1 aromatic carbocycles. The molecule has 19 heavy (non-hydrogen) atoms. The zero-order valence-corrected chi connectivity index (χ0v) is 13.1. The quantitative estimate of drug-likeness (QED) is 0.744. The zero-order valence-electron chi connectivity index (χ0n) is 11.5. The predicted molar refractivity (Wildman–Crippen MR) is 80.4 cm³/mol. The highest BCUT2D eigenvalue weighted by molar-refractivity contribution is 9.10. The maximum atomic E-state index is 11.7. The number of nitrogens with zero attached hydrogens (tertiary/aromatic N) is 1. The Balaban J connectivity index is 2.18. The molecular formula is C14H21BrN2O2. The lowest BCUT2D eigenvalue weighted by atomic mass is 10.3. The number of nitrogens with one attached hydrogen (secondary N) is 1. The number of amides is 1. The molecule has 0 aliphatic heterocycles. The number of rotatable bonds is 8. The van der Waals surface area contributed by atoms with Gasteiger partial charge in [-0.25, -0.2) is 0 Å². The molecule has 0 radical (unpaired) electrons. The van der Waals surface area contributed by atoms with Crippen LogP contribution in [0.1, 0.15) is 12.8 Å². The second kappa shape index (κ2) is 8.93. The van der Waals surface area contributed by atoms with Gasteiger partial charge in [0, 0.05) is 31.0 Å². The average Bonchev–Trinajstić information content (AvgIpc) is 2.40. The van der Waals surface area contributed by atoms with Gasteiger partial charge in [-0.1, -0.05) is 22.0 Å². The van der Waals surface area contributed by atoms with E-state index in [1.54, 1.807) is 4.90 Å². The van der Waals surface area contributed by atoms with E-state index in [1.165, 1.54) is 0 Å².